The van der Waals surface area contributed by atoms with Gasteiger partial charge in [0.2, 0.25) is 5.65 Å². The van der Waals surface area contributed by atoms with E-state index in [0.717, 1.165) is 47.0 Å². The maximum Gasteiger partial charge on any atom is 0.204 e. The van der Waals surface area contributed by atoms with E-state index in [1.54, 1.807) is 0 Å². The summed E-state index contributed by atoms with van der Waals surface area (Å²) in [6.07, 6.45) is 4.01. The summed E-state index contributed by atoms with van der Waals surface area (Å²) in [4.78, 5) is 7.02. The third kappa shape index (κ3) is 3.26. The lowest BCUT2D eigenvalue weighted by Crippen LogP contribution is -2.24. The molecule has 4 aromatic rings. The summed E-state index contributed by atoms with van der Waals surface area (Å²) < 4.78 is 2.03. The van der Waals surface area contributed by atoms with Gasteiger partial charge in [0, 0.05) is 18.1 Å². The molecule has 0 amide bonds. The fourth-order valence-electron chi connectivity index (χ4n) is 3.19. The van der Waals surface area contributed by atoms with E-state index in [4.69, 9.17) is 16.6 Å². The van der Waals surface area contributed by atoms with Crippen molar-refractivity contribution in [2.75, 3.05) is 18.0 Å². The molecule has 0 aliphatic carbocycles. The molecule has 0 bridgehead atoms. The fourth-order valence-corrected chi connectivity index (χ4v) is 3.36. The molecule has 0 fully saturated rings. The smallest absolute Gasteiger partial charge is 0.204 e. The van der Waals surface area contributed by atoms with E-state index in [9.17, 15) is 0 Å². The molecule has 0 spiro atoms. The molecule has 0 unspecified atom stereocenters. The molecule has 2 heterocycles. The predicted octanol–water partition coefficient (Wildman–Crippen LogP) is 4.95. The summed E-state index contributed by atoms with van der Waals surface area (Å²) in [5.74, 6) is 1.58. The Morgan fingerprint density at radius 1 is 1.00 bits per heavy atom. The molecule has 5 nitrogen and oxygen atoms in total. The summed E-state index contributed by atoms with van der Waals surface area (Å²) in [6, 6.07) is 15.8. The first-order valence-electron chi connectivity index (χ1n) is 9.03. The van der Waals surface area contributed by atoms with Gasteiger partial charge in [-0.15, -0.1) is 10.2 Å². The van der Waals surface area contributed by atoms with E-state index in [1.165, 1.54) is 0 Å². The van der Waals surface area contributed by atoms with Crippen molar-refractivity contribution in [1.82, 2.24) is 19.6 Å². The minimum atomic E-state index is 0.660. The van der Waals surface area contributed by atoms with Crippen molar-refractivity contribution < 1.29 is 0 Å². The van der Waals surface area contributed by atoms with Crippen molar-refractivity contribution >= 4 is 46.3 Å². The first kappa shape index (κ1) is 17.5. The molecule has 2 aromatic heterocycles. The molecular weight excluding hydrogens is 358 g/mol. The number of benzene rings is 2. The molecule has 0 saturated heterocycles. The number of hydrogen-bond acceptors (Lipinski definition) is 4. The lowest BCUT2D eigenvalue weighted by atomic mass is 10.2. The van der Waals surface area contributed by atoms with E-state index in [1.807, 2.05) is 53.0 Å². The molecular formula is C21H20ClN5. The zero-order chi connectivity index (χ0) is 18.8. The molecule has 2 aromatic carbocycles. The second-order valence-electron chi connectivity index (χ2n) is 6.20. The standard InChI is InChI=1S/C21H20ClN5/c1-3-26(4-2)20-21-25-24-19(13-10-15-8-6-5-7-9-15)27(21)18-14-16(22)11-12-17(18)23-20/h5-14H,3-4H2,1-2H3/b13-10-. The van der Waals surface area contributed by atoms with Gasteiger partial charge in [-0.3, -0.25) is 4.40 Å². The fraction of sp³-hybridized carbons (Fsp3) is 0.190. The molecule has 0 radical (unpaired) electrons. The van der Waals surface area contributed by atoms with Crippen molar-refractivity contribution in [2.24, 2.45) is 0 Å². The van der Waals surface area contributed by atoms with Crippen LogP contribution in [-0.4, -0.2) is 32.7 Å². The minimum absolute atomic E-state index is 0.660. The first-order valence-corrected chi connectivity index (χ1v) is 9.41. The Morgan fingerprint density at radius 3 is 2.52 bits per heavy atom. The van der Waals surface area contributed by atoms with Crippen LogP contribution in [0.4, 0.5) is 5.82 Å². The van der Waals surface area contributed by atoms with Crippen LogP contribution in [0, 0.1) is 0 Å². The van der Waals surface area contributed by atoms with Gasteiger partial charge in [0.25, 0.3) is 0 Å². The Bertz CT molecular complexity index is 1110. The van der Waals surface area contributed by atoms with Crippen LogP contribution >= 0.6 is 11.6 Å². The molecule has 0 aliphatic rings. The number of rotatable bonds is 5. The topological polar surface area (TPSA) is 46.3 Å². The predicted molar refractivity (Wildman–Crippen MR) is 112 cm³/mol. The lowest BCUT2D eigenvalue weighted by Gasteiger charge is -2.20. The second kappa shape index (κ2) is 7.37. The maximum absolute atomic E-state index is 6.26. The highest BCUT2D eigenvalue weighted by Crippen LogP contribution is 2.27. The van der Waals surface area contributed by atoms with Gasteiger partial charge < -0.3 is 4.90 Å². The molecule has 0 N–H and O–H groups in total. The highest BCUT2D eigenvalue weighted by atomic mass is 35.5. The van der Waals surface area contributed by atoms with Crippen molar-refractivity contribution in [2.45, 2.75) is 13.8 Å². The monoisotopic (exact) mass is 377 g/mol. The molecule has 6 heteroatoms. The second-order valence-corrected chi connectivity index (χ2v) is 6.64. The van der Waals surface area contributed by atoms with Crippen LogP contribution in [0.2, 0.25) is 5.02 Å². The zero-order valence-corrected chi connectivity index (χ0v) is 16.1. The van der Waals surface area contributed by atoms with Gasteiger partial charge in [-0.2, -0.15) is 0 Å². The van der Waals surface area contributed by atoms with Crippen LogP contribution in [0.5, 0.6) is 0 Å². The molecule has 27 heavy (non-hydrogen) atoms. The van der Waals surface area contributed by atoms with E-state index in [2.05, 4.69) is 41.1 Å². The third-order valence-electron chi connectivity index (χ3n) is 4.58. The van der Waals surface area contributed by atoms with E-state index < -0.39 is 0 Å². The van der Waals surface area contributed by atoms with Crippen molar-refractivity contribution in [1.29, 1.82) is 0 Å². The SMILES string of the molecule is CCN(CC)c1nc2ccc(Cl)cc2n2c(/C=C\c3ccccc3)nnc12. The Hall–Kier alpha value is -2.92. The first-order chi connectivity index (χ1) is 13.2. The van der Waals surface area contributed by atoms with Gasteiger partial charge in [-0.05, 0) is 43.7 Å². The van der Waals surface area contributed by atoms with Crippen LogP contribution in [0.15, 0.2) is 48.5 Å². The summed E-state index contributed by atoms with van der Waals surface area (Å²) in [5, 5.41) is 9.52. The van der Waals surface area contributed by atoms with Crippen LogP contribution in [0.25, 0.3) is 28.8 Å². The van der Waals surface area contributed by atoms with Gasteiger partial charge in [0.15, 0.2) is 11.6 Å². The lowest BCUT2D eigenvalue weighted by molar-refractivity contribution is 0.848. The van der Waals surface area contributed by atoms with Gasteiger partial charge in [-0.25, -0.2) is 4.98 Å². The Kier molecular flexibility index (Phi) is 4.77. The molecule has 0 saturated carbocycles. The number of aromatic nitrogens is 4. The molecule has 4 rings (SSSR count). The molecule has 136 valence electrons. The van der Waals surface area contributed by atoms with Gasteiger partial charge in [0.1, 0.15) is 0 Å². The molecule has 0 aliphatic heterocycles. The van der Waals surface area contributed by atoms with E-state index >= 15 is 0 Å². The van der Waals surface area contributed by atoms with Crippen LogP contribution in [0.1, 0.15) is 25.2 Å². The van der Waals surface area contributed by atoms with Crippen molar-refractivity contribution in [3.63, 3.8) is 0 Å². The highest BCUT2D eigenvalue weighted by molar-refractivity contribution is 6.31. The highest BCUT2D eigenvalue weighted by Gasteiger charge is 2.17. The number of halogens is 1. The van der Waals surface area contributed by atoms with Crippen LogP contribution in [-0.2, 0) is 0 Å². The number of anilines is 1. The Labute approximate surface area is 162 Å². The zero-order valence-electron chi connectivity index (χ0n) is 15.3. The number of hydrogen-bond donors (Lipinski definition) is 0. The van der Waals surface area contributed by atoms with Crippen molar-refractivity contribution in [3.8, 4) is 0 Å². The van der Waals surface area contributed by atoms with Gasteiger partial charge in [-0.1, -0.05) is 48.0 Å². The van der Waals surface area contributed by atoms with Crippen molar-refractivity contribution in [3.05, 3.63) is 64.9 Å². The number of fused-ring (bicyclic) bond motifs is 3. The third-order valence-corrected chi connectivity index (χ3v) is 4.82. The van der Waals surface area contributed by atoms with E-state index in [-0.39, 0.29) is 0 Å². The summed E-state index contributed by atoms with van der Waals surface area (Å²) >= 11 is 6.26. The number of nitrogens with zero attached hydrogens (tertiary/aromatic N) is 5. The maximum atomic E-state index is 6.26. The largest absolute Gasteiger partial charge is 0.354 e. The van der Waals surface area contributed by atoms with Gasteiger partial charge >= 0.3 is 0 Å². The normalized spacial score (nSPS) is 11.7. The summed E-state index contributed by atoms with van der Waals surface area (Å²) in [6.45, 7) is 5.92. The van der Waals surface area contributed by atoms with Crippen LogP contribution < -0.4 is 4.90 Å². The van der Waals surface area contributed by atoms with E-state index in [0.29, 0.717) is 5.02 Å². The average molecular weight is 378 g/mol. The quantitative estimate of drug-likeness (QED) is 0.493. The Morgan fingerprint density at radius 2 is 1.78 bits per heavy atom. The summed E-state index contributed by atoms with van der Waals surface area (Å²) in [5.41, 5.74) is 3.60. The van der Waals surface area contributed by atoms with Gasteiger partial charge in [0.05, 0.1) is 11.0 Å². The minimum Gasteiger partial charge on any atom is -0.354 e. The Balaban J connectivity index is 1.97. The summed E-state index contributed by atoms with van der Waals surface area (Å²) in [7, 11) is 0. The molecule has 0 atom stereocenters. The van der Waals surface area contributed by atoms with Crippen LogP contribution in [0.3, 0.4) is 0 Å². The average Bonchev–Trinajstić information content (AvgIpc) is 3.13.